The van der Waals surface area contributed by atoms with Gasteiger partial charge in [0.05, 0.1) is 23.5 Å². The molecule has 1 unspecified atom stereocenters. The molecule has 2 aromatic carbocycles. The molecule has 1 atom stereocenters. The number of aromatic nitrogens is 1. The first kappa shape index (κ1) is 18.6. The predicted octanol–water partition coefficient (Wildman–Crippen LogP) is 5.78. The van der Waals surface area contributed by atoms with Crippen molar-refractivity contribution in [2.75, 3.05) is 0 Å². The summed E-state index contributed by atoms with van der Waals surface area (Å²) in [4.78, 5) is 17.7. The first-order chi connectivity index (χ1) is 14.6. The van der Waals surface area contributed by atoms with Crippen LogP contribution in [-0.4, -0.2) is 21.6 Å². The van der Waals surface area contributed by atoms with Crippen molar-refractivity contribution in [1.82, 2.24) is 9.99 Å². The Morgan fingerprint density at radius 2 is 1.90 bits per heavy atom. The first-order valence-corrected chi connectivity index (χ1v) is 10.0. The average Bonchev–Trinajstić information content (AvgIpc) is 3.44. The van der Waals surface area contributed by atoms with Crippen molar-refractivity contribution in [1.29, 1.82) is 0 Å². The number of hydrazone groups is 1. The molecule has 0 saturated heterocycles. The third kappa shape index (κ3) is 3.27. The quantitative estimate of drug-likeness (QED) is 0.398. The molecule has 30 heavy (non-hydrogen) atoms. The summed E-state index contributed by atoms with van der Waals surface area (Å²) < 4.78 is 5.34. The summed E-state index contributed by atoms with van der Waals surface area (Å²) in [5.74, 6) is -0.0740. The van der Waals surface area contributed by atoms with Gasteiger partial charge in [0, 0.05) is 17.4 Å². The molecule has 5 rings (SSSR count). The van der Waals surface area contributed by atoms with E-state index in [9.17, 15) is 4.79 Å². The van der Waals surface area contributed by atoms with Gasteiger partial charge in [0.2, 0.25) is 0 Å². The lowest BCUT2D eigenvalue weighted by Gasteiger charge is -2.22. The Morgan fingerprint density at radius 3 is 2.67 bits per heavy atom. The Morgan fingerprint density at radius 1 is 1.10 bits per heavy atom. The molecule has 1 amide bonds. The molecule has 0 spiro atoms. The lowest BCUT2D eigenvalue weighted by atomic mass is 9.98. The molecule has 6 heteroatoms. The van der Waals surface area contributed by atoms with Crippen molar-refractivity contribution < 1.29 is 9.21 Å². The van der Waals surface area contributed by atoms with Gasteiger partial charge in [0.25, 0.3) is 0 Å². The number of hydrogen-bond acceptors (Lipinski definition) is 4. The Balaban J connectivity index is 1.60. The SMILES string of the molecule is Cc1ccc(C2=NN(C(=O)c3ccco3)C(c3cc4ccccc4nc3Cl)C2)cc1. The maximum atomic E-state index is 13.2. The van der Waals surface area contributed by atoms with Crippen LogP contribution in [0.15, 0.2) is 82.5 Å². The molecule has 148 valence electrons. The van der Waals surface area contributed by atoms with Crippen LogP contribution in [0.5, 0.6) is 0 Å². The van der Waals surface area contributed by atoms with Crippen molar-refractivity contribution in [3.63, 3.8) is 0 Å². The number of rotatable bonds is 3. The Kier molecular flexibility index (Phi) is 4.60. The smallest absolute Gasteiger partial charge is 0.310 e. The van der Waals surface area contributed by atoms with Crippen LogP contribution >= 0.6 is 11.6 Å². The van der Waals surface area contributed by atoms with Gasteiger partial charge in [-0.3, -0.25) is 4.79 Å². The fraction of sp³-hybridized carbons (Fsp3) is 0.125. The topological polar surface area (TPSA) is 58.7 Å². The minimum absolute atomic E-state index is 0.235. The van der Waals surface area contributed by atoms with Gasteiger partial charge < -0.3 is 4.42 Å². The summed E-state index contributed by atoms with van der Waals surface area (Å²) in [6.07, 6.45) is 2.02. The van der Waals surface area contributed by atoms with E-state index >= 15 is 0 Å². The molecule has 0 saturated carbocycles. The number of aryl methyl sites for hydroxylation is 1. The molecule has 0 fully saturated rings. The molecule has 0 radical (unpaired) electrons. The van der Waals surface area contributed by atoms with Crippen LogP contribution < -0.4 is 0 Å². The standard InChI is InChI=1S/C24H18ClN3O2/c1-15-8-10-16(11-9-15)20-14-21(28(27-20)24(29)22-7-4-12-30-22)18-13-17-5-2-3-6-19(17)26-23(18)25/h2-13,21H,14H2,1H3. The minimum Gasteiger partial charge on any atom is -0.459 e. The van der Waals surface area contributed by atoms with E-state index in [4.69, 9.17) is 16.0 Å². The Labute approximate surface area is 178 Å². The number of carbonyl (C=O) groups excluding carboxylic acids is 1. The van der Waals surface area contributed by atoms with Gasteiger partial charge in [-0.05, 0) is 36.8 Å². The van der Waals surface area contributed by atoms with Crippen LogP contribution in [-0.2, 0) is 0 Å². The monoisotopic (exact) mass is 415 g/mol. The maximum absolute atomic E-state index is 13.2. The van der Waals surface area contributed by atoms with E-state index < -0.39 is 0 Å². The molecular weight excluding hydrogens is 398 g/mol. The zero-order chi connectivity index (χ0) is 20.7. The van der Waals surface area contributed by atoms with E-state index in [1.54, 1.807) is 12.1 Å². The number of benzene rings is 2. The van der Waals surface area contributed by atoms with E-state index in [0.717, 1.165) is 27.7 Å². The van der Waals surface area contributed by atoms with Crippen LogP contribution in [0.1, 0.15) is 39.7 Å². The molecular formula is C24H18ClN3O2. The van der Waals surface area contributed by atoms with Crippen molar-refractivity contribution >= 4 is 34.1 Å². The second-order valence-corrected chi connectivity index (χ2v) is 7.68. The Hall–Kier alpha value is -3.44. The lowest BCUT2D eigenvalue weighted by Crippen LogP contribution is -2.27. The normalized spacial score (nSPS) is 16.1. The lowest BCUT2D eigenvalue weighted by molar-refractivity contribution is 0.0678. The van der Waals surface area contributed by atoms with Crippen LogP contribution in [0.4, 0.5) is 0 Å². The molecule has 1 aliphatic heterocycles. The van der Waals surface area contributed by atoms with E-state index in [1.165, 1.54) is 16.8 Å². The summed E-state index contributed by atoms with van der Waals surface area (Å²) in [6, 6.07) is 20.8. The number of carbonyl (C=O) groups is 1. The first-order valence-electron chi connectivity index (χ1n) is 9.67. The van der Waals surface area contributed by atoms with E-state index in [0.29, 0.717) is 11.6 Å². The minimum atomic E-state index is -0.372. The zero-order valence-electron chi connectivity index (χ0n) is 16.2. The molecule has 5 nitrogen and oxygen atoms in total. The van der Waals surface area contributed by atoms with Crippen molar-refractivity contribution in [3.8, 4) is 0 Å². The molecule has 2 aromatic heterocycles. The maximum Gasteiger partial charge on any atom is 0.310 e. The zero-order valence-corrected chi connectivity index (χ0v) is 17.0. The van der Waals surface area contributed by atoms with Crippen LogP contribution in [0, 0.1) is 6.92 Å². The average molecular weight is 416 g/mol. The largest absolute Gasteiger partial charge is 0.459 e. The molecule has 3 heterocycles. The van der Waals surface area contributed by atoms with Crippen LogP contribution in [0.3, 0.4) is 0 Å². The van der Waals surface area contributed by atoms with E-state index in [-0.39, 0.29) is 17.7 Å². The van der Waals surface area contributed by atoms with Gasteiger partial charge in [0.1, 0.15) is 5.15 Å². The van der Waals surface area contributed by atoms with Crippen molar-refractivity contribution in [2.45, 2.75) is 19.4 Å². The highest BCUT2D eigenvalue weighted by Gasteiger charge is 2.36. The summed E-state index contributed by atoms with van der Waals surface area (Å²) in [6.45, 7) is 2.04. The summed E-state index contributed by atoms with van der Waals surface area (Å²) >= 11 is 6.57. The van der Waals surface area contributed by atoms with Gasteiger partial charge in [-0.2, -0.15) is 5.10 Å². The number of pyridine rings is 1. The third-order valence-corrected chi connectivity index (χ3v) is 5.60. The molecule has 0 bridgehead atoms. The predicted molar refractivity (Wildman–Crippen MR) is 117 cm³/mol. The molecule has 0 N–H and O–H groups in total. The van der Waals surface area contributed by atoms with Crippen LogP contribution in [0.2, 0.25) is 5.15 Å². The van der Waals surface area contributed by atoms with Gasteiger partial charge in [0.15, 0.2) is 5.76 Å². The fourth-order valence-corrected chi connectivity index (χ4v) is 3.99. The highest BCUT2D eigenvalue weighted by Crippen LogP contribution is 2.38. The van der Waals surface area contributed by atoms with Gasteiger partial charge in [-0.25, -0.2) is 9.99 Å². The van der Waals surface area contributed by atoms with E-state index in [2.05, 4.69) is 10.1 Å². The summed E-state index contributed by atoms with van der Waals surface area (Å²) in [5.41, 5.74) is 4.54. The van der Waals surface area contributed by atoms with Gasteiger partial charge >= 0.3 is 5.91 Å². The van der Waals surface area contributed by atoms with Gasteiger partial charge in [-0.1, -0.05) is 59.6 Å². The van der Waals surface area contributed by atoms with Crippen LogP contribution in [0.25, 0.3) is 10.9 Å². The number of fused-ring (bicyclic) bond motifs is 1. The Bertz CT molecular complexity index is 1260. The number of amides is 1. The second kappa shape index (κ2) is 7.43. The highest BCUT2D eigenvalue weighted by atomic mass is 35.5. The summed E-state index contributed by atoms with van der Waals surface area (Å²) in [7, 11) is 0. The van der Waals surface area contributed by atoms with Crippen molar-refractivity contribution in [3.05, 3.63) is 101 Å². The number of halogens is 1. The number of nitrogens with zero attached hydrogens (tertiary/aromatic N) is 3. The highest BCUT2D eigenvalue weighted by molar-refractivity contribution is 6.30. The molecule has 4 aromatic rings. The molecule has 0 aliphatic carbocycles. The third-order valence-electron chi connectivity index (χ3n) is 5.30. The number of hydrogen-bond donors (Lipinski definition) is 0. The fourth-order valence-electron chi connectivity index (χ4n) is 3.72. The summed E-state index contributed by atoms with van der Waals surface area (Å²) in [5, 5.41) is 7.48. The number of para-hydroxylation sites is 1. The van der Waals surface area contributed by atoms with Crippen molar-refractivity contribution in [2.24, 2.45) is 5.10 Å². The molecule has 1 aliphatic rings. The second-order valence-electron chi connectivity index (χ2n) is 7.32. The number of furan rings is 1. The van der Waals surface area contributed by atoms with E-state index in [1.807, 2.05) is 61.5 Å². The van der Waals surface area contributed by atoms with Gasteiger partial charge in [-0.15, -0.1) is 0 Å².